The number of anilines is 1. The fourth-order valence-electron chi connectivity index (χ4n) is 1.92. The molecule has 0 bridgehead atoms. The van der Waals surface area contributed by atoms with Crippen LogP contribution in [0, 0.1) is 6.92 Å². The van der Waals surface area contributed by atoms with Crippen LogP contribution >= 0.6 is 11.3 Å². The van der Waals surface area contributed by atoms with E-state index in [-0.39, 0.29) is 0 Å². The van der Waals surface area contributed by atoms with Gasteiger partial charge in [-0.25, -0.2) is 0 Å². The van der Waals surface area contributed by atoms with Gasteiger partial charge < -0.3 is 15.0 Å². The molecule has 3 aromatic rings. The van der Waals surface area contributed by atoms with Crippen LogP contribution in [0.1, 0.15) is 5.56 Å². The van der Waals surface area contributed by atoms with E-state index in [0.29, 0.717) is 23.2 Å². The molecule has 0 radical (unpaired) electrons. The van der Waals surface area contributed by atoms with Crippen LogP contribution in [0.15, 0.2) is 33.5 Å². The zero-order chi connectivity index (χ0) is 14.1. The van der Waals surface area contributed by atoms with E-state index < -0.39 is 0 Å². The third-order valence-electron chi connectivity index (χ3n) is 2.98. The Morgan fingerprint density at radius 1 is 1.25 bits per heavy atom. The Morgan fingerprint density at radius 2 is 2.10 bits per heavy atom. The second kappa shape index (κ2) is 4.97. The number of aromatic nitrogens is 2. The summed E-state index contributed by atoms with van der Waals surface area (Å²) in [5, 5.41) is 8.08. The average molecular weight is 287 g/mol. The van der Waals surface area contributed by atoms with E-state index in [1.54, 1.807) is 30.6 Å². The molecule has 3 rings (SSSR count). The largest absolute Gasteiger partial charge is 0.496 e. The molecule has 0 saturated heterocycles. The Labute approximate surface area is 120 Å². The fourth-order valence-corrected chi connectivity index (χ4v) is 2.74. The minimum atomic E-state index is 0.419. The van der Waals surface area contributed by atoms with Crippen molar-refractivity contribution in [2.24, 2.45) is 0 Å². The summed E-state index contributed by atoms with van der Waals surface area (Å²) in [6.07, 6.45) is 0. The topological polar surface area (TPSA) is 74.2 Å². The molecular formula is C14H13N3O2S. The van der Waals surface area contributed by atoms with Crippen molar-refractivity contribution in [1.29, 1.82) is 0 Å². The molecule has 0 saturated carbocycles. The number of hydrogen-bond donors (Lipinski definition) is 1. The third-order valence-corrected chi connectivity index (χ3v) is 3.84. The fraction of sp³-hybridized carbons (Fsp3) is 0.143. The molecule has 2 aromatic heterocycles. The van der Waals surface area contributed by atoms with Gasteiger partial charge in [0.2, 0.25) is 5.82 Å². The summed E-state index contributed by atoms with van der Waals surface area (Å²) in [5.41, 5.74) is 9.21. The Balaban J connectivity index is 2.05. The molecule has 0 fully saturated rings. The van der Waals surface area contributed by atoms with Crippen molar-refractivity contribution in [3.8, 4) is 28.6 Å². The lowest BCUT2D eigenvalue weighted by Crippen LogP contribution is -1.91. The highest BCUT2D eigenvalue weighted by molar-refractivity contribution is 7.08. The van der Waals surface area contributed by atoms with E-state index in [0.717, 1.165) is 16.7 Å². The molecule has 0 spiro atoms. The predicted octanol–water partition coefficient (Wildman–Crippen LogP) is 3.36. The average Bonchev–Trinajstić information content (AvgIpc) is 3.07. The normalized spacial score (nSPS) is 10.7. The number of nitrogens with two attached hydrogens (primary N) is 1. The molecule has 2 N–H and O–H groups in total. The number of aryl methyl sites for hydroxylation is 1. The maximum Gasteiger partial charge on any atom is 0.262 e. The maximum absolute atomic E-state index is 5.74. The Morgan fingerprint density at radius 3 is 2.80 bits per heavy atom. The van der Waals surface area contributed by atoms with Crippen LogP contribution < -0.4 is 10.5 Å². The minimum absolute atomic E-state index is 0.419. The highest BCUT2D eigenvalue weighted by Crippen LogP contribution is 2.32. The number of hydrogen-bond acceptors (Lipinski definition) is 6. The van der Waals surface area contributed by atoms with Gasteiger partial charge in [0.15, 0.2) is 0 Å². The Bertz CT molecular complexity index is 748. The molecule has 1 aromatic carbocycles. The van der Waals surface area contributed by atoms with E-state index in [4.69, 9.17) is 15.0 Å². The first-order chi connectivity index (χ1) is 9.69. The molecule has 2 heterocycles. The molecular weight excluding hydrogens is 274 g/mol. The van der Waals surface area contributed by atoms with Gasteiger partial charge in [-0.3, -0.25) is 0 Å². The van der Waals surface area contributed by atoms with Gasteiger partial charge in [-0.15, -0.1) is 0 Å². The van der Waals surface area contributed by atoms with E-state index >= 15 is 0 Å². The smallest absolute Gasteiger partial charge is 0.262 e. The van der Waals surface area contributed by atoms with Crippen molar-refractivity contribution in [1.82, 2.24) is 10.1 Å². The lowest BCUT2D eigenvalue weighted by molar-refractivity contribution is 0.405. The molecule has 0 aliphatic heterocycles. The van der Waals surface area contributed by atoms with Gasteiger partial charge in [0.1, 0.15) is 5.75 Å². The Kier molecular flexibility index (Phi) is 3.15. The summed E-state index contributed by atoms with van der Waals surface area (Å²) in [7, 11) is 1.58. The number of methoxy groups -OCH3 is 1. The predicted molar refractivity (Wildman–Crippen MR) is 78.7 cm³/mol. The van der Waals surface area contributed by atoms with Gasteiger partial charge >= 0.3 is 0 Å². The van der Waals surface area contributed by atoms with Gasteiger partial charge in [0.05, 0.1) is 12.7 Å². The lowest BCUT2D eigenvalue weighted by atomic mass is 10.1. The zero-order valence-corrected chi connectivity index (χ0v) is 11.9. The first-order valence-electron chi connectivity index (χ1n) is 6.00. The Hall–Kier alpha value is -2.34. The lowest BCUT2D eigenvalue weighted by Gasteiger charge is -2.05. The molecule has 5 nitrogen and oxygen atoms in total. The highest BCUT2D eigenvalue weighted by atomic mass is 32.1. The maximum atomic E-state index is 5.74. The molecule has 102 valence electrons. The van der Waals surface area contributed by atoms with Gasteiger partial charge in [-0.05, 0) is 30.0 Å². The number of nitrogen functional groups attached to an aromatic ring is 1. The van der Waals surface area contributed by atoms with Crippen molar-refractivity contribution in [2.75, 3.05) is 12.8 Å². The van der Waals surface area contributed by atoms with Crippen LogP contribution in [0.25, 0.3) is 22.8 Å². The summed E-state index contributed by atoms with van der Waals surface area (Å²) in [6.45, 7) is 2.02. The minimum Gasteiger partial charge on any atom is -0.496 e. The number of nitrogens with zero attached hydrogens (tertiary/aromatic N) is 2. The first kappa shape index (κ1) is 12.7. The number of thiophene rings is 1. The second-order valence-corrected chi connectivity index (χ2v) is 5.09. The molecule has 0 unspecified atom stereocenters. The number of rotatable bonds is 3. The monoisotopic (exact) mass is 287 g/mol. The number of ether oxygens (including phenoxy) is 1. The van der Waals surface area contributed by atoms with E-state index in [1.807, 2.05) is 18.4 Å². The molecule has 0 atom stereocenters. The van der Waals surface area contributed by atoms with Crippen LogP contribution in [0.3, 0.4) is 0 Å². The molecule has 0 amide bonds. The standard InChI is InChI=1S/C14H13N3O2S/c1-8-6-20-7-11(8)13-16-14(19-17-13)10-4-3-9(15)5-12(10)18-2/h3-7H,15H2,1-2H3. The van der Waals surface area contributed by atoms with Crippen molar-refractivity contribution in [3.05, 3.63) is 34.5 Å². The quantitative estimate of drug-likeness (QED) is 0.748. The first-order valence-corrected chi connectivity index (χ1v) is 6.94. The van der Waals surface area contributed by atoms with Crippen molar-refractivity contribution >= 4 is 17.0 Å². The SMILES string of the molecule is COc1cc(N)ccc1-c1nc(-c2cscc2C)no1. The summed E-state index contributed by atoms with van der Waals surface area (Å²) < 4.78 is 10.6. The molecule has 0 aliphatic rings. The van der Waals surface area contributed by atoms with E-state index in [1.165, 1.54) is 0 Å². The van der Waals surface area contributed by atoms with Gasteiger partial charge in [0, 0.05) is 22.7 Å². The third kappa shape index (κ3) is 2.14. The summed E-state index contributed by atoms with van der Waals surface area (Å²) in [4.78, 5) is 4.43. The van der Waals surface area contributed by atoms with Gasteiger partial charge in [-0.1, -0.05) is 5.16 Å². The van der Waals surface area contributed by atoms with Crippen molar-refractivity contribution in [3.63, 3.8) is 0 Å². The van der Waals surface area contributed by atoms with Crippen LogP contribution in [-0.4, -0.2) is 17.3 Å². The second-order valence-electron chi connectivity index (χ2n) is 4.35. The van der Waals surface area contributed by atoms with Gasteiger partial charge in [0.25, 0.3) is 5.89 Å². The summed E-state index contributed by atoms with van der Waals surface area (Å²) in [6, 6.07) is 5.32. The molecule has 6 heteroatoms. The van der Waals surface area contributed by atoms with E-state index in [2.05, 4.69) is 15.5 Å². The summed E-state index contributed by atoms with van der Waals surface area (Å²) >= 11 is 1.61. The highest BCUT2D eigenvalue weighted by Gasteiger charge is 2.16. The van der Waals surface area contributed by atoms with Crippen molar-refractivity contribution < 1.29 is 9.26 Å². The van der Waals surface area contributed by atoms with Crippen LogP contribution in [-0.2, 0) is 0 Å². The van der Waals surface area contributed by atoms with Gasteiger partial charge in [-0.2, -0.15) is 16.3 Å². The number of benzene rings is 1. The van der Waals surface area contributed by atoms with Crippen LogP contribution in [0.2, 0.25) is 0 Å². The summed E-state index contributed by atoms with van der Waals surface area (Å²) in [5.74, 6) is 1.61. The molecule has 0 aliphatic carbocycles. The molecule has 20 heavy (non-hydrogen) atoms. The van der Waals surface area contributed by atoms with E-state index in [9.17, 15) is 0 Å². The zero-order valence-electron chi connectivity index (χ0n) is 11.1. The van der Waals surface area contributed by atoms with Crippen molar-refractivity contribution in [2.45, 2.75) is 6.92 Å². The van der Waals surface area contributed by atoms with Crippen LogP contribution in [0.5, 0.6) is 5.75 Å². The van der Waals surface area contributed by atoms with Crippen LogP contribution in [0.4, 0.5) is 5.69 Å².